The van der Waals surface area contributed by atoms with E-state index in [1.807, 2.05) is 36.5 Å². The first-order valence-electron chi connectivity index (χ1n) is 10.9. The molecule has 1 aliphatic carbocycles. The smallest absolute Gasteiger partial charge is 0.166 e. The van der Waals surface area contributed by atoms with Crippen molar-refractivity contribution in [1.82, 2.24) is 4.90 Å². The van der Waals surface area contributed by atoms with Crippen molar-refractivity contribution in [3.05, 3.63) is 88.8 Å². The van der Waals surface area contributed by atoms with Crippen LogP contribution in [0.3, 0.4) is 0 Å². The van der Waals surface area contributed by atoms with Crippen molar-refractivity contribution >= 4 is 11.6 Å². The van der Waals surface area contributed by atoms with Crippen LogP contribution < -0.4 is 4.74 Å². The molecule has 2 aromatic rings. The van der Waals surface area contributed by atoms with Crippen LogP contribution in [0, 0.1) is 18.8 Å². The number of aryl methyl sites for hydroxylation is 2. The molecule has 0 aromatic heterocycles. The fourth-order valence-corrected chi connectivity index (χ4v) is 4.63. The van der Waals surface area contributed by atoms with Crippen LogP contribution >= 0.6 is 0 Å². The Bertz CT molecular complexity index is 1070. The van der Waals surface area contributed by atoms with Gasteiger partial charge in [-0.05, 0) is 68.0 Å². The summed E-state index contributed by atoms with van der Waals surface area (Å²) >= 11 is 0. The van der Waals surface area contributed by atoms with Crippen molar-refractivity contribution in [2.24, 2.45) is 11.8 Å². The van der Waals surface area contributed by atoms with Crippen LogP contribution in [0.15, 0.2) is 66.5 Å². The molecule has 4 nitrogen and oxygen atoms in total. The third-order valence-electron chi connectivity index (χ3n) is 6.48. The summed E-state index contributed by atoms with van der Waals surface area (Å²) in [6.07, 6.45) is 8.44. The number of nitrogens with zero attached hydrogens (tertiary/aromatic N) is 1. The average Bonchev–Trinajstić information content (AvgIpc) is 2.77. The first-order valence-corrected chi connectivity index (χ1v) is 10.9. The van der Waals surface area contributed by atoms with Crippen LogP contribution in [-0.2, 0) is 17.8 Å². The maximum atomic E-state index is 13.1. The normalized spacial score (nSPS) is 20.3. The van der Waals surface area contributed by atoms with Gasteiger partial charge in [0, 0.05) is 41.9 Å². The molecular weight excluding hydrogens is 386 g/mol. The predicted molar refractivity (Wildman–Crippen MR) is 122 cm³/mol. The molecule has 4 rings (SSSR count). The molecule has 0 fully saturated rings. The molecule has 0 bridgehead atoms. The maximum Gasteiger partial charge on any atom is 0.166 e. The number of rotatable bonds is 6. The molecule has 2 unspecified atom stereocenters. The number of hydrogen-bond donors (Lipinski definition) is 0. The molecule has 2 aliphatic rings. The predicted octanol–water partition coefficient (Wildman–Crippen LogP) is 5.26. The molecule has 4 heteroatoms. The molecule has 0 saturated carbocycles. The Kier molecular flexibility index (Phi) is 6.08. The van der Waals surface area contributed by atoms with Gasteiger partial charge in [0.1, 0.15) is 5.75 Å². The summed E-state index contributed by atoms with van der Waals surface area (Å²) in [6.45, 7) is 4.45. The Morgan fingerprint density at radius 2 is 2.00 bits per heavy atom. The van der Waals surface area contributed by atoms with Gasteiger partial charge in [-0.25, -0.2) is 0 Å². The zero-order valence-electron chi connectivity index (χ0n) is 18.4. The maximum absolute atomic E-state index is 13.1. The van der Waals surface area contributed by atoms with E-state index in [2.05, 4.69) is 36.2 Å². The molecule has 0 spiro atoms. The Labute approximate surface area is 184 Å². The second-order valence-electron chi connectivity index (χ2n) is 8.55. The van der Waals surface area contributed by atoms with E-state index in [1.54, 1.807) is 14.0 Å². The summed E-state index contributed by atoms with van der Waals surface area (Å²) in [4.78, 5) is 27.6. The van der Waals surface area contributed by atoms with E-state index in [0.717, 1.165) is 41.8 Å². The number of allylic oxidation sites excluding steroid dienone is 2. The highest BCUT2D eigenvalue weighted by molar-refractivity contribution is 6.00. The largest absolute Gasteiger partial charge is 0.497 e. The fraction of sp³-hybridized carbons (Fsp3) is 0.333. The van der Waals surface area contributed by atoms with Gasteiger partial charge in [-0.3, -0.25) is 9.59 Å². The summed E-state index contributed by atoms with van der Waals surface area (Å²) in [7, 11) is 1.64. The molecule has 31 heavy (non-hydrogen) atoms. The molecule has 1 aliphatic heterocycles. The van der Waals surface area contributed by atoms with Gasteiger partial charge in [-0.1, -0.05) is 30.3 Å². The van der Waals surface area contributed by atoms with Gasteiger partial charge in [0.2, 0.25) is 0 Å². The number of ketones is 2. The zero-order chi connectivity index (χ0) is 22.0. The van der Waals surface area contributed by atoms with E-state index >= 15 is 0 Å². The minimum Gasteiger partial charge on any atom is -0.497 e. The van der Waals surface area contributed by atoms with Crippen LogP contribution in [0.2, 0.25) is 0 Å². The minimum atomic E-state index is -0.0683. The number of carbonyl (C=O) groups excluding carboxylic acids is 2. The SMILES string of the molecule is COc1ccc2c(c1)CCC(CC1C=CN(Cc3ccccc3C)C=C1C(C)=O)C2=O. The molecule has 2 atom stereocenters. The highest BCUT2D eigenvalue weighted by Gasteiger charge is 2.32. The van der Waals surface area contributed by atoms with Crippen LogP contribution in [0.1, 0.15) is 46.8 Å². The van der Waals surface area contributed by atoms with Gasteiger partial charge < -0.3 is 9.64 Å². The number of Topliss-reactive ketones (excluding diaryl/α,β-unsaturated/α-hetero) is 2. The Morgan fingerprint density at radius 3 is 2.74 bits per heavy atom. The van der Waals surface area contributed by atoms with E-state index in [9.17, 15) is 9.59 Å². The lowest BCUT2D eigenvalue weighted by atomic mass is 9.76. The number of ether oxygens (including phenoxy) is 1. The Balaban J connectivity index is 1.49. The van der Waals surface area contributed by atoms with Crippen LogP contribution in [0.4, 0.5) is 0 Å². The molecule has 1 heterocycles. The minimum absolute atomic E-state index is 0.0284. The number of benzene rings is 2. The molecule has 160 valence electrons. The van der Waals surface area contributed by atoms with E-state index in [-0.39, 0.29) is 23.4 Å². The van der Waals surface area contributed by atoms with Gasteiger partial charge in [-0.15, -0.1) is 0 Å². The molecule has 0 N–H and O–H groups in total. The van der Waals surface area contributed by atoms with Gasteiger partial charge in [0.05, 0.1) is 7.11 Å². The lowest BCUT2D eigenvalue weighted by molar-refractivity contribution is -0.114. The molecule has 0 saturated heterocycles. The molecule has 2 aromatic carbocycles. The quantitative estimate of drug-likeness (QED) is 0.646. The van der Waals surface area contributed by atoms with E-state index in [4.69, 9.17) is 4.74 Å². The van der Waals surface area contributed by atoms with Crippen molar-refractivity contribution < 1.29 is 14.3 Å². The zero-order valence-corrected chi connectivity index (χ0v) is 18.4. The summed E-state index contributed by atoms with van der Waals surface area (Å²) in [5.41, 5.74) is 5.11. The van der Waals surface area contributed by atoms with Gasteiger partial charge >= 0.3 is 0 Å². The van der Waals surface area contributed by atoms with Crippen molar-refractivity contribution in [3.63, 3.8) is 0 Å². The van der Waals surface area contributed by atoms with E-state index in [0.29, 0.717) is 6.42 Å². The van der Waals surface area contributed by atoms with Crippen molar-refractivity contribution in [1.29, 1.82) is 0 Å². The Hall–Kier alpha value is -3.14. The highest BCUT2D eigenvalue weighted by Crippen LogP contribution is 2.35. The third-order valence-corrected chi connectivity index (χ3v) is 6.48. The van der Waals surface area contributed by atoms with Gasteiger partial charge in [0.15, 0.2) is 11.6 Å². The van der Waals surface area contributed by atoms with Gasteiger partial charge in [-0.2, -0.15) is 0 Å². The number of methoxy groups -OCH3 is 1. The summed E-state index contributed by atoms with van der Waals surface area (Å²) in [5.74, 6) is 0.941. The lowest BCUT2D eigenvalue weighted by Gasteiger charge is -2.30. The Morgan fingerprint density at radius 1 is 1.19 bits per heavy atom. The summed E-state index contributed by atoms with van der Waals surface area (Å²) in [6, 6.07) is 14.0. The van der Waals surface area contributed by atoms with Crippen molar-refractivity contribution in [2.45, 2.75) is 39.7 Å². The molecule has 0 amide bonds. The first kappa shape index (κ1) is 21.1. The summed E-state index contributed by atoms with van der Waals surface area (Å²) in [5, 5.41) is 0. The molecule has 0 radical (unpaired) electrons. The van der Waals surface area contributed by atoms with Crippen LogP contribution in [-0.4, -0.2) is 23.6 Å². The summed E-state index contributed by atoms with van der Waals surface area (Å²) < 4.78 is 5.29. The van der Waals surface area contributed by atoms with Crippen LogP contribution in [0.5, 0.6) is 5.75 Å². The van der Waals surface area contributed by atoms with E-state index < -0.39 is 0 Å². The molecular formula is C27H29NO3. The highest BCUT2D eigenvalue weighted by atomic mass is 16.5. The van der Waals surface area contributed by atoms with Crippen molar-refractivity contribution in [3.8, 4) is 5.75 Å². The second-order valence-corrected chi connectivity index (χ2v) is 8.55. The standard InChI is InChI=1S/C27H29NO3/c1-18-6-4-5-7-23(18)16-28-13-12-21(26(17-28)19(2)29)14-22-9-8-20-15-24(31-3)10-11-25(20)27(22)30/h4-7,10-13,15,17,21-22H,8-9,14,16H2,1-3H3. The first-order chi connectivity index (χ1) is 15.0. The number of fused-ring (bicyclic) bond motifs is 1. The third kappa shape index (κ3) is 4.48. The van der Waals surface area contributed by atoms with Gasteiger partial charge in [0.25, 0.3) is 0 Å². The lowest BCUT2D eigenvalue weighted by Crippen LogP contribution is -2.28. The number of hydrogen-bond acceptors (Lipinski definition) is 4. The van der Waals surface area contributed by atoms with Crippen molar-refractivity contribution in [2.75, 3.05) is 7.11 Å². The topological polar surface area (TPSA) is 46.6 Å². The number of carbonyl (C=O) groups is 2. The fourth-order valence-electron chi connectivity index (χ4n) is 4.63. The van der Waals surface area contributed by atoms with E-state index in [1.165, 1.54) is 11.1 Å². The monoisotopic (exact) mass is 415 g/mol. The van der Waals surface area contributed by atoms with Crippen LogP contribution in [0.25, 0.3) is 0 Å². The second kappa shape index (κ2) is 8.93. The average molecular weight is 416 g/mol.